The lowest BCUT2D eigenvalue weighted by molar-refractivity contribution is -0.138. The van der Waals surface area contributed by atoms with Crippen LogP contribution >= 0.6 is 0 Å². The van der Waals surface area contributed by atoms with Crippen molar-refractivity contribution in [2.45, 2.75) is 39.0 Å². The zero-order chi connectivity index (χ0) is 17.5. The molecular weight excluding hydrogens is 304 g/mol. The van der Waals surface area contributed by atoms with Crippen LogP contribution in [0, 0.1) is 5.92 Å². The molecule has 0 spiro atoms. The molecule has 5 heteroatoms. The van der Waals surface area contributed by atoms with Crippen molar-refractivity contribution in [3.05, 3.63) is 29.8 Å². The van der Waals surface area contributed by atoms with E-state index >= 15 is 0 Å². The minimum absolute atomic E-state index is 0.00279. The normalized spacial score (nSPS) is 16.7. The van der Waals surface area contributed by atoms with Gasteiger partial charge in [-0.25, -0.2) is 0 Å². The lowest BCUT2D eigenvalue weighted by Gasteiger charge is -2.31. The third-order valence-corrected chi connectivity index (χ3v) is 4.85. The van der Waals surface area contributed by atoms with Crippen LogP contribution in [0.15, 0.2) is 24.3 Å². The van der Waals surface area contributed by atoms with Gasteiger partial charge >= 0.3 is 0 Å². The molecule has 1 saturated heterocycles. The van der Waals surface area contributed by atoms with Gasteiger partial charge in [-0.2, -0.15) is 0 Å². The highest BCUT2D eigenvalue weighted by atomic mass is 16.5. The summed E-state index contributed by atoms with van der Waals surface area (Å²) in [7, 11) is 1.52. The van der Waals surface area contributed by atoms with E-state index in [9.17, 15) is 9.59 Å². The van der Waals surface area contributed by atoms with Crippen LogP contribution in [0.25, 0.3) is 0 Å². The monoisotopic (exact) mass is 332 g/mol. The number of carbonyl (C=O) groups is 2. The van der Waals surface area contributed by atoms with E-state index in [0.717, 1.165) is 12.1 Å². The van der Waals surface area contributed by atoms with Crippen LogP contribution in [0.3, 0.4) is 0 Å². The number of rotatable bonds is 6. The molecule has 1 atom stereocenters. The fourth-order valence-corrected chi connectivity index (χ4v) is 2.98. The van der Waals surface area contributed by atoms with Crippen molar-refractivity contribution in [3.8, 4) is 0 Å². The van der Waals surface area contributed by atoms with Crippen LogP contribution in [-0.4, -0.2) is 43.5 Å². The van der Waals surface area contributed by atoms with Gasteiger partial charge in [-0.15, -0.1) is 0 Å². The van der Waals surface area contributed by atoms with E-state index in [1.54, 1.807) is 4.90 Å². The number of ether oxygens (including phenoxy) is 1. The number of anilines is 1. The van der Waals surface area contributed by atoms with Crippen molar-refractivity contribution in [2.24, 2.45) is 5.92 Å². The molecule has 5 nitrogen and oxygen atoms in total. The predicted octanol–water partition coefficient (Wildman–Crippen LogP) is 3.02. The summed E-state index contributed by atoms with van der Waals surface area (Å²) in [6.45, 7) is 5.72. The molecule has 1 N–H and O–H groups in total. The fourth-order valence-electron chi connectivity index (χ4n) is 2.98. The first-order chi connectivity index (χ1) is 11.5. The minimum Gasteiger partial charge on any atom is -0.375 e. The Morgan fingerprint density at radius 1 is 1.25 bits per heavy atom. The van der Waals surface area contributed by atoms with E-state index in [0.29, 0.717) is 31.8 Å². The molecule has 0 saturated carbocycles. The quantitative estimate of drug-likeness (QED) is 0.871. The summed E-state index contributed by atoms with van der Waals surface area (Å²) >= 11 is 0. The summed E-state index contributed by atoms with van der Waals surface area (Å²) in [6, 6.07) is 8.10. The number of benzene rings is 1. The molecular formula is C19H28N2O3. The van der Waals surface area contributed by atoms with Crippen LogP contribution in [0.4, 0.5) is 5.69 Å². The highest BCUT2D eigenvalue weighted by Gasteiger charge is 2.27. The molecule has 2 rings (SSSR count). The average molecular weight is 332 g/mol. The third-order valence-electron chi connectivity index (χ3n) is 4.85. The summed E-state index contributed by atoms with van der Waals surface area (Å²) in [5.74, 6) is 0.539. The standard InChI is InChI=1S/C19H28N2O3/c1-4-14(2)15-5-7-17(8-6-15)20-19(23)16-9-11-21(12-10-16)18(22)13-24-3/h5-8,14,16H,4,9-13H2,1-3H3,(H,20,23)/t14-/m0/s1. The van der Waals surface area contributed by atoms with Crippen LogP contribution < -0.4 is 5.32 Å². The highest BCUT2D eigenvalue weighted by Crippen LogP contribution is 2.22. The number of nitrogens with zero attached hydrogens (tertiary/aromatic N) is 1. The molecule has 24 heavy (non-hydrogen) atoms. The molecule has 0 aromatic heterocycles. The summed E-state index contributed by atoms with van der Waals surface area (Å²) in [6.07, 6.45) is 2.50. The maximum atomic E-state index is 12.4. The van der Waals surface area contributed by atoms with Crippen LogP contribution in [0.5, 0.6) is 0 Å². The summed E-state index contributed by atoms with van der Waals surface area (Å²) in [5.41, 5.74) is 2.13. The van der Waals surface area contributed by atoms with Gasteiger partial charge in [0, 0.05) is 31.8 Å². The van der Waals surface area contributed by atoms with Crippen molar-refractivity contribution in [3.63, 3.8) is 0 Å². The Kier molecular flexibility index (Phi) is 6.79. The molecule has 132 valence electrons. The zero-order valence-corrected chi connectivity index (χ0v) is 14.9. The van der Waals surface area contributed by atoms with Crippen molar-refractivity contribution in [1.82, 2.24) is 4.90 Å². The maximum Gasteiger partial charge on any atom is 0.248 e. The molecule has 0 aliphatic carbocycles. The maximum absolute atomic E-state index is 12.4. The Hall–Kier alpha value is -1.88. The lowest BCUT2D eigenvalue weighted by Crippen LogP contribution is -2.42. The van der Waals surface area contributed by atoms with Gasteiger partial charge in [-0.3, -0.25) is 9.59 Å². The fraction of sp³-hybridized carbons (Fsp3) is 0.579. The number of piperidine rings is 1. The van der Waals surface area contributed by atoms with Gasteiger partial charge in [-0.05, 0) is 42.9 Å². The van der Waals surface area contributed by atoms with Gasteiger partial charge < -0.3 is 15.0 Å². The van der Waals surface area contributed by atoms with Crippen molar-refractivity contribution >= 4 is 17.5 Å². The van der Waals surface area contributed by atoms with Gasteiger partial charge in [0.25, 0.3) is 0 Å². The number of nitrogens with one attached hydrogen (secondary N) is 1. The molecule has 1 aliphatic rings. The Balaban J connectivity index is 1.84. The number of hydrogen-bond donors (Lipinski definition) is 1. The largest absolute Gasteiger partial charge is 0.375 e. The van der Waals surface area contributed by atoms with Gasteiger partial charge in [0.15, 0.2) is 0 Å². The molecule has 1 fully saturated rings. The van der Waals surface area contributed by atoms with E-state index in [-0.39, 0.29) is 24.3 Å². The average Bonchev–Trinajstić information content (AvgIpc) is 2.62. The van der Waals surface area contributed by atoms with Crippen molar-refractivity contribution < 1.29 is 14.3 Å². The van der Waals surface area contributed by atoms with E-state index in [1.807, 2.05) is 12.1 Å². The molecule has 1 aromatic carbocycles. The Labute approximate surface area is 144 Å². The number of likely N-dealkylation sites (tertiary alicyclic amines) is 1. The highest BCUT2D eigenvalue weighted by molar-refractivity contribution is 5.92. The smallest absolute Gasteiger partial charge is 0.248 e. The molecule has 1 heterocycles. The first-order valence-electron chi connectivity index (χ1n) is 8.72. The first-order valence-corrected chi connectivity index (χ1v) is 8.72. The Morgan fingerprint density at radius 3 is 2.42 bits per heavy atom. The predicted molar refractivity (Wildman–Crippen MR) is 95.0 cm³/mol. The van der Waals surface area contributed by atoms with Gasteiger partial charge in [0.2, 0.25) is 11.8 Å². The number of hydrogen-bond acceptors (Lipinski definition) is 3. The molecule has 1 aromatic rings. The van der Waals surface area contributed by atoms with E-state index < -0.39 is 0 Å². The SMILES string of the molecule is CC[C@H](C)c1ccc(NC(=O)C2CCN(C(=O)COC)CC2)cc1. The number of methoxy groups -OCH3 is 1. The third kappa shape index (κ3) is 4.81. The molecule has 0 unspecified atom stereocenters. The van der Waals surface area contributed by atoms with E-state index in [2.05, 4.69) is 31.3 Å². The molecule has 2 amide bonds. The second-order valence-electron chi connectivity index (χ2n) is 6.51. The van der Waals surface area contributed by atoms with E-state index in [1.165, 1.54) is 12.7 Å². The topological polar surface area (TPSA) is 58.6 Å². The Bertz CT molecular complexity index is 548. The van der Waals surface area contributed by atoms with E-state index in [4.69, 9.17) is 4.74 Å². The van der Waals surface area contributed by atoms with Crippen molar-refractivity contribution in [2.75, 3.05) is 32.1 Å². The first kappa shape index (κ1) is 18.5. The number of amides is 2. The summed E-state index contributed by atoms with van der Waals surface area (Å²) in [5, 5.41) is 3.00. The van der Waals surface area contributed by atoms with Crippen LogP contribution in [-0.2, 0) is 14.3 Å². The van der Waals surface area contributed by atoms with Gasteiger partial charge in [0.05, 0.1) is 0 Å². The zero-order valence-electron chi connectivity index (χ0n) is 14.9. The van der Waals surface area contributed by atoms with Gasteiger partial charge in [-0.1, -0.05) is 26.0 Å². The summed E-state index contributed by atoms with van der Waals surface area (Å²) in [4.78, 5) is 26.0. The molecule has 0 bridgehead atoms. The Morgan fingerprint density at radius 2 is 1.88 bits per heavy atom. The minimum atomic E-state index is -0.0363. The second kappa shape index (κ2) is 8.83. The molecule has 0 radical (unpaired) electrons. The second-order valence-corrected chi connectivity index (χ2v) is 6.51. The summed E-state index contributed by atoms with van der Waals surface area (Å²) < 4.78 is 4.87. The van der Waals surface area contributed by atoms with Gasteiger partial charge in [0.1, 0.15) is 6.61 Å². The molecule has 1 aliphatic heterocycles. The van der Waals surface area contributed by atoms with Crippen LogP contribution in [0.1, 0.15) is 44.6 Å². The number of carbonyl (C=O) groups excluding carboxylic acids is 2. The lowest BCUT2D eigenvalue weighted by atomic mass is 9.95. The van der Waals surface area contributed by atoms with Crippen molar-refractivity contribution in [1.29, 1.82) is 0 Å². The van der Waals surface area contributed by atoms with Crippen LogP contribution in [0.2, 0.25) is 0 Å².